The van der Waals surface area contributed by atoms with E-state index in [0.29, 0.717) is 18.7 Å². The number of hydrogen-bond donors (Lipinski definition) is 0. The summed E-state index contributed by atoms with van der Waals surface area (Å²) in [5.41, 5.74) is 0.555. The van der Waals surface area contributed by atoms with Gasteiger partial charge < -0.3 is 9.64 Å². The zero-order valence-corrected chi connectivity index (χ0v) is 10.2. The first-order valence-corrected chi connectivity index (χ1v) is 5.69. The molecule has 0 atom stereocenters. The first-order chi connectivity index (χ1) is 8.19. The highest BCUT2D eigenvalue weighted by molar-refractivity contribution is 5.97. The molecular weight excluding hydrogens is 218 g/mol. The van der Waals surface area contributed by atoms with E-state index in [2.05, 4.69) is 0 Å². The van der Waals surface area contributed by atoms with Crippen molar-refractivity contribution >= 4 is 11.9 Å². The van der Waals surface area contributed by atoms with Crippen LogP contribution in [0.1, 0.15) is 24.2 Å². The summed E-state index contributed by atoms with van der Waals surface area (Å²) < 4.78 is 4.94. The van der Waals surface area contributed by atoms with Gasteiger partial charge in [-0.2, -0.15) is 0 Å². The van der Waals surface area contributed by atoms with Gasteiger partial charge in [-0.1, -0.05) is 30.3 Å². The van der Waals surface area contributed by atoms with Gasteiger partial charge in [0.2, 0.25) is 0 Å². The standard InChI is InChI=1S/C13H17NO3/c1-3-14(4-2)13(16)17-10-12(15)11-8-6-5-7-9-11/h5-9H,3-4,10H2,1-2H3. The number of ether oxygens (including phenoxy) is 1. The Balaban J connectivity index is 2.46. The number of ketones is 1. The van der Waals surface area contributed by atoms with Gasteiger partial charge in [-0.05, 0) is 13.8 Å². The van der Waals surface area contributed by atoms with E-state index in [0.717, 1.165) is 0 Å². The summed E-state index contributed by atoms with van der Waals surface area (Å²) in [7, 11) is 0. The minimum absolute atomic E-state index is 0.189. The molecule has 1 amide bonds. The van der Waals surface area contributed by atoms with Crippen molar-refractivity contribution in [2.45, 2.75) is 13.8 Å². The van der Waals surface area contributed by atoms with Crippen LogP contribution in [0.2, 0.25) is 0 Å². The van der Waals surface area contributed by atoms with Crippen LogP contribution in [0.5, 0.6) is 0 Å². The van der Waals surface area contributed by atoms with Crippen LogP contribution in [0, 0.1) is 0 Å². The maximum absolute atomic E-state index is 11.7. The van der Waals surface area contributed by atoms with Crippen molar-refractivity contribution in [3.63, 3.8) is 0 Å². The van der Waals surface area contributed by atoms with E-state index >= 15 is 0 Å². The largest absolute Gasteiger partial charge is 0.441 e. The molecule has 0 aliphatic heterocycles. The van der Waals surface area contributed by atoms with Gasteiger partial charge in [0.25, 0.3) is 0 Å². The third kappa shape index (κ3) is 3.90. The van der Waals surface area contributed by atoms with Gasteiger partial charge in [-0.15, -0.1) is 0 Å². The third-order valence-corrected chi connectivity index (χ3v) is 2.44. The first kappa shape index (κ1) is 13.2. The van der Waals surface area contributed by atoms with E-state index in [9.17, 15) is 9.59 Å². The Morgan fingerprint density at radius 3 is 2.24 bits per heavy atom. The van der Waals surface area contributed by atoms with Crippen LogP contribution in [0.3, 0.4) is 0 Å². The Morgan fingerprint density at radius 2 is 1.71 bits per heavy atom. The van der Waals surface area contributed by atoms with Gasteiger partial charge in [-0.3, -0.25) is 4.79 Å². The molecule has 0 unspecified atom stereocenters. The minimum atomic E-state index is -0.445. The van der Waals surface area contributed by atoms with Gasteiger partial charge >= 0.3 is 6.09 Å². The molecule has 0 radical (unpaired) electrons. The Bertz CT molecular complexity index is 372. The molecule has 4 heteroatoms. The molecule has 0 bridgehead atoms. The number of rotatable bonds is 5. The van der Waals surface area contributed by atoms with E-state index in [-0.39, 0.29) is 12.4 Å². The second-order valence-corrected chi connectivity index (χ2v) is 3.52. The topological polar surface area (TPSA) is 46.6 Å². The normalized spacial score (nSPS) is 9.76. The molecule has 0 aromatic heterocycles. The van der Waals surface area contributed by atoms with Crippen LogP contribution in [-0.2, 0) is 4.74 Å². The van der Waals surface area contributed by atoms with Gasteiger partial charge in [0, 0.05) is 18.7 Å². The molecule has 92 valence electrons. The lowest BCUT2D eigenvalue weighted by Crippen LogP contribution is -2.32. The average Bonchev–Trinajstić information content (AvgIpc) is 2.38. The summed E-state index contributed by atoms with van der Waals surface area (Å²) in [6, 6.07) is 8.79. The molecule has 4 nitrogen and oxygen atoms in total. The van der Waals surface area contributed by atoms with E-state index in [1.165, 1.54) is 4.90 Å². The summed E-state index contributed by atoms with van der Waals surface area (Å²) in [6.45, 7) is 4.68. The lowest BCUT2D eigenvalue weighted by atomic mass is 10.1. The SMILES string of the molecule is CCN(CC)C(=O)OCC(=O)c1ccccc1. The number of hydrogen-bond acceptors (Lipinski definition) is 3. The second-order valence-electron chi connectivity index (χ2n) is 3.52. The highest BCUT2D eigenvalue weighted by Crippen LogP contribution is 2.01. The summed E-state index contributed by atoms with van der Waals surface area (Å²) >= 11 is 0. The van der Waals surface area contributed by atoms with Crippen LogP contribution in [0.4, 0.5) is 4.79 Å². The Morgan fingerprint density at radius 1 is 1.12 bits per heavy atom. The monoisotopic (exact) mass is 235 g/mol. The number of amides is 1. The fourth-order valence-electron chi connectivity index (χ4n) is 1.41. The molecule has 0 N–H and O–H groups in total. The van der Waals surface area contributed by atoms with Crippen LogP contribution < -0.4 is 0 Å². The fourth-order valence-corrected chi connectivity index (χ4v) is 1.41. The predicted molar refractivity (Wildman–Crippen MR) is 65.0 cm³/mol. The second kappa shape index (κ2) is 6.68. The van der Waals surface area contributed by atoms with Crippen LogP contribution >= 0.6 is 0 Å². The van der Waals surface area contributed by atoms with Crippen molar-refractivity contribution in [2.75, 3.05) is 19.7 Å². The highest BCUT2D eigenvalue weighted by atomic mass is 16.6. The number of nitrogens with zero attached hydrogens (tertiary/aromatic N) is 1. The molecule has 0 aliphatic rings. The molecular formula is C13H17NO3. The van der Waals surface area contributed by atoms with Crippen molar-refractivity contribution in [2.24, 2.45) is 0 Å². The summed E-state index contributed by atoms with van der Waals surface area (Å²) in [5, 5.41) is 0. The lowest BCUT2D eigenvalue weighted by Gasteiger charge is -2.17. The van der Waals surface area contributed by atoms with Crippen molar-refractivity contribution in [3.8, 4) is 0 Å². The zero-order valence-electron chi connectivity index (χ0n) is 10.2. The third-order valence-electron chi connectivity index (χ3n) is 2.44. The minimum Gasteiger partial charge on any atom is -0.441 e. The van der Waals surface area contributed by atoms with Gasteiger partial charge in [0.15, 0.2) is 12.4 Å². The Hall–Kier alpha value is -1.84. The molecule has 0 saturated heterocycles. The number of carbonyl (C=O) groups excluding carboxylic acids is 2. The molecule has 0 spiro atoms. The van der Waals surface area contributed by atoms with Gasteiger partial charge in [0.1, 0.15) is 0 Å². The lowest BCUT2D eigenvalue weighted by molar-refractivity contribution is 0.0762. The van der Waals surface area contributed by atoms with Crippen LogP contribution in [0.25, 0.3) is 0 Å². The van der Waals surface area contributed by atoms with Gasteiger partial charge in [0.05, 0.1) is 0 Å². The molecule has 1 aromatic rings. The molecule has 0 heterocycles. The molecule has 0 saturated carbocycles. The van der Waals surface area contributed by atoms with Crippen molar-refractivity contribution in [1.82, 2.24) is 4.90 Å². The Labute approximate surface area is 101 Å². The number of Topliss-reactive ketones (excluding diaryl/α,β-unsaturated/α-hetero) is 1. The van der Waals surface area contributed by atoms with E-state index in [4.69, 9.17) is 4.74 Å². The molecule has 1 aromatic carbocycles. The Kier molecular flexibility index (Phi) is 5.20. The fraction of sp³-hybridized carbons (Fsp3) is 0.385. The first-order valence-electron chi connectivity index (χ1n) is 5.69. The maximum Gasteiger partial charge on any atom is 0.410 e. The number of benzene rings is 1. The van der Waals surface area contributed by atoms with Crippen LogP contribution in [-0.4, -0.2) is 36.5 Å². The quantitative estimate of drug-likeness (QED) is 0.736. The average molecular weight is 235 g/mol. The highest BCUT2D eigenvalue weighted by Gasteiger charge is 2.13. The van der Waals surface area contributed by atoms with E-state index in [1.807, 2.05) is 19.9 Å². The summed E-state index contributed by atoms with van der Waals surface area (Å²) in [5.74, 6) is -0.189. The van der Waals surface area contributed by atoms with Gasteiger partial charge in [-0.25, -0.2) is 4.79 Å². The van der Waals surface area contributed by atoms with Crippen LogP contribution in [0.15, 0.2) is 30.3 Å². The summed E-state index contributed by atoms with van der Waals surface area (Å²) in [6.07, 6.45) is -0.445. The van der Waals surface area contributed by atoms with Crippen molar-refractivity contribution in [1.29, 1.82) is 0 Å². The molecule has 17 heavy (non-hydrogen) atoms. The van der Waals surface area contributed by atoms with Crippen molar-refractivity contribution < 1.29 is 14.3 Å². The molecule has 0 aliphatic carbocycles. The predicted octanol–water partition coefficient (Wildman–Crippen LogP) is 2.35. The van der Waals surface area contributed by atoms with Crippen molar-refractivity contribution in [3.05, 3.63) is 35.9 Å². The van der Waals surface area contributed by atoms with E-state index < -0.39 is 6.09 Å². The summed E-state index contributed by atoms with van der Waals surface area (Å²) in [4.78, 5) is 24.7. The van der Waals surface area contributed by atoms with E-state index in [1.54, 1.807) is 24.3 Å². The molecule has 1 rings (SSSR count). The maximum atomic E-state index is 11.7. The molecule has 0 fully saturated rings. The smallest absolute Gasteiger partial charge is 0.410 e. The number of carbonyl (C=O) groups is 2. The zero-order chi connectivity index (χ0) is 12.7.